The maximum absolute atomic E-state index is 11.5. The first-order valence-electron chi connectivity index (χ1n) is 5.71. The zero-order chi connectivity index (χ0) is 12.9. The number of rotatable bonds is 7. The molecule has 6 heteroatoms. The first-order valence-corrected chi connectivity index (χ1v) is 8.33. The number of halogens is 1. The van der Waals surface area contributed by atoms with Gasteiger partial charge in [-0.15, -0.1) is 0 Å². The van der Waals surface area contributed by atoms with Crippen LogP contribution in [0.25, 0.3) is 0 Å². The van der Waals surface area contributed by atoms with E-state index in [2.05, 4.69) is 27.4 Å². The van der Waals surface area contributed by atoms with Crippen molar-refractivity contribution in [2.75, 3.05) is 38.3 Å². The van der Waals surface area contributed by atoms with E-state index >= 15 is 0 Å². The van der Waals surface area contributed by atoms with Crippen molar-refractivity contribution in [3.8, 4) is 0 Å². The van der Waals surface area contributed by atoms with Crippen molar-refractivity contribution in [2.24, 2.45) is 0 Å². The summed E-state index contributed by atoms with van der Waals surface area (Å²) in [5, 5.41) is 0. The van der Waals surface area contributed by atoms with E-state index in [-0.39, 0.29) is 11.8 Å². The molecule has 1 aliphatic rings. The first kappa shape index (κ1) is 15.1. The van der Waals surface area contributed by atoms with E-state index in [1.54, 1.807) is 7.11 Å². The Labute approximate surface area is 112 Å². The summed E-state index contributed by atoms with van der Waals surface area (Å²) < 4.78 is 28.9. The van der Waals surface area contributed by atoms with Gasteiger partial charge in [0.15, 0.2) is 9.84 Å². The Hall–Kier alpha value is 0.0900. The third-order valence-corrected chi connectivity index (χ3v) is 4.89. The van der Waals surface area contributed by atoms with Crippen molar-refractivity contribution in [2.45, 2.75) is 18.9 Å². The molecule has 0 radical (unpaired) electrons. The van der Waals surface area contributed by atoms with E-state index in [9.17, 15) is 8.42 Å². The van der Waals surface area contributed by atoms with E-state index in [1.165, 1.54) is 0 Å². The largest absolute Gasteiger partial charge is 0.385 e. The molecule has 1 fully saturated rings. The Morgan fingerprint density at radius 2 is 2.29 bits per heavy atom. The number of sulfone groups is 1. The molecule has 1 heterocycles. The van der Waals surface area contributed by atoms with Gasteiger partial charge in [0.05, 0.1) is 11.5 Å². The Kier molecular flexibility index (Phi) is 6.12. The van der Waals surface area contributed by atoms with Gasteiger partial charge in [-0.25, -0.2) is 8.42 Å². The predicted molar refractivity (Wildman–Crippen MR) is 73.2 cm³/mol. The smallest absolute Gasteiger partial charge is 0.151 e. The van der Waals surface area contributed by atoms with Gasteiger partial charge in [0.2, 0.25) is 0 Å². The second kappa shape index (κ2) is 6.87. The zero-order valence-corrected chi connectivity index (χ0v) is 12.6. The van der Waals surface area contributed by atoms with Crippen LogP contribution in [0.5, 0.6) is 0 Å². The summed E-state index contributed by atoms with van der Waals surface area (Å²) >= 11 is 3.34. The quantitative estimate of drug-likeness (QED) is 0.664. The highest BCUT2D eigenvalue weighted by molar-refractivity contribution is 9.11. The normalized spacial score (nSPS) is 23.1. The molecule has 0 aromatic carbocycles. The van der Waals surface area contributed by atoms with Crippen molar-refractivity contribution >= 4 is 25.8 Å². The highest BCUT2D eigenvalue weighted by atomic mass is 79.9. The molecule has 1 rings (SSSR count). The fourth-order valence-corrected chi connectivity index (χ4v) is 4.17. The van der Waals surface area contributed by atoms with Gasteiger partial charge in [-0.1, -0.05) is 22.5 Å². The molecular weight excluding hydrogens is 306 g/mol. The van der Waals surface area contributed by atoms with Crippen LogP contribution in [0.4, 0.5) is 0 Å². The minimum absolute atomic E-state index is 0.131. The van der Waals surface area contributed by atoms with Crippen LogP contribution in [0.2, 0.25) is 0 Å². The van der Waals surface area contributed by atoms with Gasteiger partial charge in [-0.3, -0.25) is 4.90 Å². The topological polar surface area (TPSA) is 46.6 Å². The molecule has 0 aliphatic carbocycles. The number of methoxy groups -OCH3 is 1. The summed E-state index contributed by atoms with van der Waals surface area (Å²) in [7, 11) is -1.15. The van der Waals surface area contributed by atoms with E-state index in [0.717, 1.165) is 23.9 Å². The molecular formula is C11H20BrNO3S. The minimum atomic E-state index is -2.82. The number of hydrogen-bond acceptors (Lipinski definition) is 4. The molecule has 0 bridgehead atoms. The highest BCUT2D eigenvalue weighted by Gasteiger charge is 2.31. The van der Waals surface area contributed by atoms with Crippen LogP contribution < -0.4 is 0 Å². The predicted octanol–water partition coefficient (Wildman–Crippen LogP) is 1.42. The van der Waals surface area contributed by atoms with Gasteiger partial charge in [0, 0.05) is 37.3 Å². The Morgan fingerprint density at radius 1 is 1.59 bits per heavy atom. The van der Waals surface area contributed by atoms with E-state index < -0.39 is 9.84 Å². The highest BCUT2D eigenvalue weighted by Crippen LogP contribution is 2.20. The van der Waals surface area contributed by atoms with Gasteiger partial charge in [0.25, 0.3) is 0 Å². The Morgan fingerprint density at radius 3 is 2.76 bits per heavy atom. The zero-order valence-electron chi connectivity index (χ0n) is 10.2. The van der Waals surface area contributed by atoms with Crippen molar-refractivity contribution in [3.63, 3.8) is 0 Å². The van der Waals surface area contributed by atoms with Gasteiger partial charge < -0.3 is 4.74 Å². The fourth-order valence-electron chi connectivity index (χ4n) is 2.09. The average Bonchev–Trinajstić information content (AvgIpc) is 2.57. The van der Waals surface area contributed by atoms with Crippen molar-refractivity contribution in [1.29, 1.82) is 0 Å². The van der Waals surface area contributed by atoms with Crippen LogP contribution in [0, 0.1) is 0 Å². The van der Waals surface area contributed by atoms with Crippen molar-refractivity contribution in [3.05, 3.63) is 11.1 Å². The molecule has 0 spiro atoms. The molecule has 4 nitrogen and oxygen atoms in total. The summed E-state index contributed by atoms with van der Waals surface area (Å²) in [5.74, 6) is 0.591. The molecule has 1 atom stereocenters. The van der Waals surface area contributed by atoms with E-state index in [0.29, 0.717) is 18.9 Å². The summed E-state index contributed by atoms with van der Waals surface area (Å²) in [6.07, 6.45) is 1.64. The van der Waals surface area contributed by atoms with Gasteiger partial charge >= 0.3 is 0 Å². The minimum Gasteiger partial charge on any atom is -0.385 e. The molecule has 0 aromatic heterocycles. The summed E-state index contributed by atoms with van der Waals surface area (Å²) in [6, 6.07) is 0.131. The summed E-state index contributed by atoms with van der Waals surface area (Å²) in [4.78, 5) is 2.18. The number of ether oxygens (including phenoxy) is 1. The lowest BCUT2D eigenvalue weighted by atomic mass is 10.2. The maximum Gasteiger partial charge on any atom is 0.151 e. The Balaban J connectivity index is 2.53. The third kappa shape index (κ3) is 5.50. The van der Waals surface area contributed by atoms with E-state index in [1.807, 2.05) is 0 Å². The summed E-state index contributed by atoms with van der Waals surface area (Å²) in [5.41, 5.74) is 0. The van der Waals surface area contributed by atoms with Crippen molar-refractivity contribution < 1.29 is 13.2 Å². The number of hydrogen-bond donors (Lipinski definition) is 0. The molecule has 1 aliphatic heterocycles. The maximum atomic E-state index is 11.5. The van der Waals surface area contributed by atoms with Gasteiger partial charge in [-0.2, -0.15) is 0 Å². The van der Waals surface area contributed by atoms with Crippen LogP contribution in [0.3, 0.4) is 0 Å². The van der Waals surface area contributed by atoms with E-state index in [4.69, 9.17) is 4.74 Å². The molecule has 0 N–H and O–H groups in total. The van der Waals surface area contributed by atoms with Crippen LogP contribution in [-0.4, -0.2) is 57.7 Å². The van der Waals surface area contributed by atoms with Gasteiger partial charge in [0.1, 0.15) is 0 Å². The fraction of sp³-hybridized carbons (Fsp3) is 0.818. The summed E-state index contributed by atoms with van der Waals surface area (Å²) in [6.45, 7) is 6.07. The lowest BCUT2D eigenvalue weighted by Crippen LogP contribution is -2.38. The molecule has 100 valence electrons. The molecule has 17 heavy (non-hydrogen) atoms. The first-order chi connectivity index (χ1) is 7.94. The second-order valence-corrected chi connectivity index (χ2v) is 7.74. The lowest BCUT2D eigenvalue weighted by molar-refractivity contribution is 0.162. The second-order valence-electron chi connectivity index (χ2n) is 4.39. The lowest BCUT2D eigenvalue weighted by Gasteiger charge is -2.27. The monoisotopic (exact) mass is 325 g/mol. The van der Waals surface area contributed by atoms with Crippen LogP contribution in [0.15, 0.2) is 11.1 Å². The standard InChI is InChI=1S/C11H20BrNO3S/c1-10(12)8-13(5-3-6-16-2)11-4-7-17(14,15)9-11/h11H,1,3-9H2,2H3/t11-/m0/s1. The van der Waals surface area contributed by atoms with Crippen molar-refractivity contribution in [1.82, 2.24) is 4.90 Å². The number of nitrogens with zero attached hydrogens (tertiary/aromatic N) is 1. The molecule has 0 amide bonds. The third-order valence-electron chi connectivity index (χ3n) is 2.89. The molecule has 1 saturated heterocycles. The van der Waals surface area contributed by atoms with Crippen LogP contribution in [0.1, 0.15) is 12.8 Å². The molecule has 0 aromatic rings. The van der Waals surface area contributed by atoms with Crippen LogP contribution >= 0.6 is 15.9 Å². The molecule has 0 saturated carbocycles. The Bertz CT molecular complexity index is 356. The van der Waals surface area contributed by atoms with Gasteiger partial charge in [-0.05, 0) is 12.8 Å². The molecule has 0 unspecified atom stereocenters. The van der Waals surface area contributed by atoms with Crippen LogP contribution in [-0.2, 0) is 14.6 Å². The average molecular weight is 326 g/mol. The SMILES string of the molecule is C=C(Br)CN(CCCOC)[C@H]1CCS(=O)(=O)C1.